The Morgan fingerprint density at radius 3 is 2.12 bits per heavy atom. The quantitative estimate of drug-likeness (QED) is 0.420. The third-order valence-electron chi connectivity index (χ3n) is 6.78. The van der Waals surface area contributed by atoms with E-state index in [4.69, 9.17) is 23.4 Å². The number of methoxy groups -OCH3 is 2. The summed E-state index contributed by atoms with van der Waals surface area (Å²) in [6.45, 7) is 9.24. The van der Waals surface area contributed by atoms with Crippen LogP contribution in [0.4, 0.5) is 13.2 Å². The topological polar surface area (TPSA) is 66.4 Å². The largest absolute Gasteiger partial charge is 0.497 e. The summed E-state index contributed by atoms with van der Waals surface area (Å²) < 4.78 is 69.8. The molecule has 1 heterocycles. The van der Waals surface area contributed by atoms with E-state index in [1.807, 2.05) is 45.0 Å². The molecule has 1 aromatic rings. The van der Waals surface area contributed by atoms with Gasteiger partial charge >= 0.3 is 6.18 Å². The molecule has 1 aliphatic heterocycles. The summed E-state index contributed by atoms with van der Waals surface area (Å²) in [5.74, 6) is 0.718. The number of rotatable bonds is 11. The summed E-state index contributed by atoms with van der Waals surface area (Å²) in [7, 11) is 0.414. The van der Waals surface area contributed by atoms with E-state index < -0.39 is 45.0 Å². The van der Waals surface area contributed by atoms with E-state index in [-0.39, 0.29) is 31.1 Å². The second kappa shape index (κ2) is 11.7. The minimum Gasteiger partial charge on any atom is -0.497 e. The molecule has 1 saturated heterocycles. The maximum atomic E-state index is 13.8. The van der Waals surface area contributed by atoms with Gasteiger partial charge in [-0.3, -0.25) is 0 Å². The van der Waals surface area contributed by atoms with Gasteiger partial charge < -0.3 is 28.5 Å². The Hall–Kier alpha value is -1.17. The lowest BCUT2D eigenvalue weighted by atomic mass is 10.0. The van der Waals surface area contributed by atoms with Crippen LogP contribution >= 0.6 is 0 Å². The number of aliphatic hydroxyl groups is 1. The van der Waals surface area contributed by atoms with E-state index in [1.165, 1.54) is 7.11 Å². The van der Waals surface area contributed by atoms with Gasteiger partial charge in [0.2, 0.25) is 0 Å². The molecule has 1 N–H and O–H groups in total. The van der Waals surface area contributed by atoms with Crippen molar-refractivity contribution < 1.29 is 41.7 Å². The summed E-state index contributed by atoms with van der Waals surface area (Å²) in [6, 6.07) is 7.33. The molecule has 10 heteroatoms. The Balaban J connectivity index is 2.07. The zero-order chi connectivity index (χ0) is 25.7. The third kappa shape index (κ3) is 7.41. The first kappa shape index (κ1) is 29.1. The lowest BCUT2D eigenvalue weighted by Crippen LogP contribution is -2.48. The number of benzene rings is 1. The minimum absolute atomic E-state index is 0.0657. The highest BCUT2D eigenvalue weighted by Gasteiger charge is 2.50. The molecule has 0 spiro atoms. The molecule has 196 valence electrons. The SMILES string of the molecule is COc1ccc(COC2C(CO)OC(CCC(O[Si](C)(C)C(C)(C)C)C(F)(F)F)C2OC)cc1. The zero-order valence-electron chi connectivity index (χ0n) is 21.1. The van der Waals surface area contributed by atoms with Crippen LogP contribution in [0.1, 0.15) is 39.2 Å². The van der Waals surface area contributed by atoms with Gasteiger partial charge in [0.05, 0.1) is 26.4 Å². The van der Waals surface area contributed by atoms with Gasteiger partial charge in [-0.15, -0.1) is 0 Å². The Morgan fingerprint density at radius 2 is 1.65 bits per heavy atom. The number of aliphatic hydroxyl groups excluding tert-OH is 1. The van der Waals surface area contributed by atoms with Gasteiger partial charge in [-0.05, 0) is 48.7 Å². The van der Waals surface area contributed by atoms with Crippen molar-refractivity contribution in [2.45, 2.75) is 95.0 Å². The molecule has 5 atom stereocenters. The van der Waals surface area contributed by atoms with Crippen LogP contribution in [0.25, 0.3) is 0 Å². The third-order valence-corrected chi connectivity index (χ3v) is 11.3. The molecule has 1 fully saturated rings. The molecule has 6 nitrogen and oxygen atoms in total. The van der Waals surface area contributed by atoms with Gasteiger partial charge in [-0.25, -0.2) is 0 Å². The molecule has 2 rings (SSSR count). The number of ether oxygens (including phenoxy) is 4. The molecule has 0 bridgehead atoms. The van der Waals surface area contributed by atoms with Crippen molar-refractivity contribution in [1.82, 2.24) is 0 Å². The predicted molar refractivity (Wildman–Crippen MR) is 125 cm³/mol. The molecule has 0 radical (unpaired) electrons. The Bertz CT molecular complexity index is 751. The standard InChI is InChI=1S/C24H39F3O6Si/c1-23(2,3)34(6,7)33-20(24(25,26)27)13-12-18-21(30-5)22(19(14-28)32-18)31-15-16-8-10-17(29-4)11-9-16/h8-11,18-22,28H,12-15H2,1-7H3. The van der Waals surface area contributed by atoms with Crippen LogP contribution in [-0.4, -0.2) is 70.9 Å². The lowest BCUT2D eigenvalue weighted by Gasteiger charge is -2.40. The van der Waals surface area contributed by atoms with Gasteiger partial charge in [0.15, 0.2) is 8.32 Å². The molecule has 34 heavy (non-hydrogen) atoms. The highest BCUT2D eigenvalue weighted by molar-refractivity contribution is 6.74. The second-order valence-corrected chi connectivity index (χ2v) is 15.0. The molecule has 0 amide bonds. The fraction of sp³-hybridized carbons (Fsp3) is 0.750. The van der Waals surface area contributed by atoms with Crippen LogP contribution in [0.5, 0.6) is 5.75 Å². The van der Waals surface area contributed by atoms with Crippen molar-refractivity contribution in [2.75, 3.05) is 20.8 Å². The minimum atomic E-state index is -4.49. The zero-order valence-corrected chi connectivity index (χ0v) is 22.1. The number of hydrogen-bond acceptors (Lipinski definition) is 6. The summed E-state index contributed by atoms with van der Waals surface area (Å²) in [4.78, 5) is 0. The van der Waals surface area contributed by atoms with Crippen LogP contribution in [0.15, 0.2) is 24.3 Å². The molecule has 1 aliphatic rings. The van der Waals surface area contributed by atoms with Crippen molar-refractivity contribution in [3.8, 4) is 5.75 Å². The van der Waals surface area contributed by atoms with E-state index in [9.17, 15) is 18.3 Å². The number of alkyl halides is 3. The van der Waals surface area contributed by atoms with E-state index in [0.717, 1.165) is 11.3 Å². The van der Waals surface area contributed by atoms with Crippen LogP contribution in [0.2, 0.25) is 18.1 Å². The summed E-state index contributed by atoms with van der Waals surface area (Å²) >= 11 is 0. The molecule has 0 saturated carbocycles. The maximum Gasteiger partial charge on any atom is 0.413 e. The summed E-state index contributed by atoms with van der Waals surface area (Å²) in [5.41, 5.74) is 0.885. The highest BCUT2D eigenvalue weighted by Crippen LogP contribution is 2.41. The second-order valence-electron chi connectivity index (χ2n) is 10.2. The average Bonchev–Trinajstić information content (AvgIpc) is 3.10. The first-order valence-corrected chi connectivity index (χ1v) is 14.4. The lowest BCUT2D eigenvalue weighted by molar-refractivity contribution is -0.202. The fourth-order valence-corrected chi connectivity index (χ4v) is 5.04. The summed E-state index contributed by atoms with van der Waals surface area (Å²) in [5, 5.41) is 9.46. The predicted octanol–water partition coefficient (Wildman–Crippen LogP) is 5.09. The normalized spacial score (nSPS) is 24.9. The Kier molecular flexibility index (Phi) is 10.0. The van der Waals surface area contributed by atoms with Crippen LogP contribution in [0.3, 0.4) is 0 Å². The van der Waals surface area contributed by atoms with Gasteiger partial charge in [0, 0.05) is 7.11 Å². The molecule has 1 aromatic carbocycles. The molecule has 0 aliphatic carbocycles. The molecular formula is C24H39F3O6Si. The number of halogens is 3. The molecular weight excluding hydrogens is 469 g/mol. The number of hydrogen-bond donors (Lipinski definition) is 1. The van der Waals surface area contributed by atoms with Crippen LogP contribution < -0.4 is 4.74 Å². The Morgan fingerprint density at radius 1 is 1.03 bits per heavy atom. The van der Waals surface area contributed by atoms with Crippen molar-refractivity contribution in [3.05, 3.63) is 29.8 Å². The first-order valence-electron chi connectivity index (χ1n) is 11.5. The maximum absolute atomic E-state index is 13.8. The first-order chi connectivity index (χ1) is 15.7. The van der Waals surface area contributed by atoms with E-state index in [2.05, 4.69) is 0 Å². The Labute approximate surface area is 201 Å². The van der Waals surface area contributed by atoms with Crippen LogP contribution in [-0.2, 0) is 25.2 Å². The summed E-state index contributed by atoms with van der Waals surface area (Å²) in [6.07, 6.45) is -9.15. The van der Waals surface area contributed by atoms with E-state index in [1.54, 1.807) is 20.2 Å². The highest BCUT2D eigenvalue weighted by atomic mass is 28.4. The van der Waals surface area contributed by atoms with Gasteiger partial charge in [-0.2, -0.15) is 13.2 Å². The monoisotopic (exact) mass is 508 g/mol. The van der Waals surface area contributed by atoms with Gasteiger partial charge in [0.1, 0.15) is 30.2 Å². The van der Waals surface area contributed by atoms with E-state index in [0.29, 0.717) is 0 Å². The van der Waals surface area contributed by atoms with Crippen molar-refractivity contribution in [2.24, 2.45) is 0 Å². The van der Waals surface area contributed by atoms with Crippen LogP contribution in [0, 0.1) is 0 Å². The molecule has 0 aromatic heterocycles. The smallest absolute Gasteiger partial charge is 0.413 e. The van der Waals surface area contributed by atoms with Gasteiger partial charge in [0.25, 0.3) is 0 Å². The van der Waals surface area contributed by atoms with Crippen molar-refractivity contribution in [3.63, 3.8) is 0 Å². The fourth-order valence-electron chi connectivity index (χ4n) is 3.72. The average molecular weight is 509 g/mol. The van der Waals surface area contributed by atoms with E-state index >= 15 is 0 Å². The van der Waals surface area contributed by atoms with Gasteiger partial charge in [-0.1, -0.05) is 32.9 Å². The van der Waals surface area contributed by atoms with Crippen molar-refractivity contribution >= 4 is 8.32 Å². The molecule has 5 unspecified atom stereocenters. The van der Waals surface area contributed by atoms with Crippen molar-refractivity contribution in [1.29, 1.82) is 0 Å².